The van der Waals surface area contributed by atoms with Crippen LogP contribution in [0.4, 0.5) is 0 Å². The lowest BCUT2D eigenvalue weighted by Crippen LogP contribution is -1.96. The van der Waals surface area contributed by atoms with Crippen LogP contribution >= 0.6 is 23.5 Å². The number of benzene rings is 1. The van der Waals surface area contributed by atoms with Crippen LogP contribution in [-0.4, -0.2) is 18.1 Å². The van der Waals surface area contributed by atoms with Gasteiger partial charge in [-0.3, -0.25) is 0 Å². The molecular weight excluding hydrogens is 236 g/mol. The standard InChI is InChI=1S/C13H18OS2/c1-2-3-8-14-12-6-4-11(5-7-12)13-15-9-10-16-13/h4-7,13H,2-3,8-10H2,1H3. The van der Waals surface area contributed by atoms with Gasteiger partial charge in [-0.15, -0.1) is 23.5 Å². The minimum atomic E-state index is 0.643. The van der Waals surface area contributed by atoms with Crippen molar-refractivity contribution in [1.82, 2.24) is 0 Å². The minimum absolute atomic E-state index is 0.643. The molecule has 2 rings (SSSR count). The van der Waals surface area contributed by atoms with Crippen LogP contribution in [0.3, 0.4) is 0 Å². The van der Waals surface area contributed by atoms with Crippen molar-refractivity contribution in [2.45, 2.75) is 24.3 Å². The maximum Gasteiger partial charge on any atom is 0.119 e. The van der Waals surface area contributed by atoms with Gasteiger partial charge in [-0.1, -0.05) is 25.5 Å². The normalized spacial score (nSPS) is 16.6. The van der Waals surface area contributed by atoms with Crippen LogP contribution in [-0.2, 0) is 0 Å². The largest absolute Gasteiger partial charge is 0.494 e. The van der Waals surface area contributed by atoms with Gasteiger partial charge in [-0.25, -0.2) is 0 Å². The SMILES string of the molecule is CCCCOc1ccc(C2SCCS2)cc1. The Kier molecular flexibility index (Phi) is 4.91. The Bertz CT molecular complexity index is 304. The highest BCUT2D eigenvalue weighted by Gasteiger charge is 2.17. The summed E-state index contributed by atoms with van der Waals surface area (Å²) in [6.07, 6.45) is 2.32. The molecule has 0 radical (unpaired) electrons. The van der Waals surface area contributed by atoms with Gasteiger partial charge in [0.05, 0.1) is 11.2 Å². The topological polar surface area (TPSA) is 9.23 Å². The van der Waals surface area contributed by atoms with Gasteiger partial charge in [0, 0.05) is 11.5 Å². The van der Waals surface area contributed by atoms with Crippen LogP contribution < -0.4 is 4.74 Å². The Balaban J connectivity index is 1.88. The van der Waals surface area contributed by atoms with Crippen molar-refractivity contribution in [2.75, 3.05) is 18.1 Å². The lowest BCUT2D eigenvalue weighted by molar-refractivity contribution is 0.309. The molecule has 1 aliphatic rings. The summed E-state index contributed by atoms with van der Waals surface area (Å²) in [5, 5.41) is 0. The van der Waals surface area contributed by atoms with Gasteiger partial charge in [-0.05, 0) is 24.1 Å². The first kappa shape index (κ1) is 12.2. The van der Waals surface area contributed by atoms with E-state index in [0.29, 0.717) is 4.58 Å². The molecule has 1 nitrogen and oxygen atoms in total. The highest BCUT2D eigenvalue weighted by atomic mass is 32.2. The molecule has 0 amide bonds. The molecule has 0 bridgehead atoms. The summed E-state index contributed by atoms with van der Waals surface area (Å²) in [4.78, 5) is 0. The number of thioether (sulfide) groups is 2. The summed E-state index contributed by atoms with van der Waals surface area (Å²) in [6.45, 7) is 3.02. The maximum absolute atomic E-state index is 5.65. The van der Waals surface area contributed by atoms with Crippen LogP contribution in [0, 0.1) is 0 Å². The van der Waals surface area contributed by atoms with Crippen molar-refractivity contribution in [2.24, 2.45) is 0 Å². The maximum atomic E-state index is 5.65. The third kappa shape index (κ3) is 3.36. The lowest BCUT2D eigenvalue weighted by atomic mass is 10.2. The first-order valence-corrected chi connectivity index (χ1v) is 7.96. The zero-order chi connectivity index (χ0) is 11.2. The van der Waals surface area contributed by atoms with E-state index in [1.54, 1.807) is 0 Å². The molecule has 0 saturated carbocycles. The van der Waals surface area contributed by atoms with E-state index in [0.717, 1.165) is 18.8 Å². The van der Waals surface area contributed by atoms with Gasteiger partial charge < -0.3 is 4.74 Å². The van der Waals surface area contributed by atoms with Crippen LogP contribution in [0.5, 0.6) is 5.75 Å². The van der Waals surface area contributed by atoms with E-state index in [2.05, 4.69) is 31.2 Å². The van der Waals surface area contributed by atoms with E-state index < -0.39 is 0 Å². The number of hydrogen-bond donors (Lipinski definition) is 0. The molecule has 1 heterocycles. The van der Waals surface area contributed by atoms with E-state index in [-0.39, 0.29) is 0 Å². The monoisotopic (exact) mass is 254 g/mol. The molecule has 0 atom stereocenters. The predicted octanol–water partition coefficient (Wildman–Crippen LogP) is 4.34. The van der Waals surface area contributed by atoms with Crippen molar-refractivity contribution < 1.29 is 4.74 Å². The predicted molar refractivity (Wildman–Crippen MR) is 74.5 cm³/mol. The molecule has 0 aliphatic carbocycles. The summed E-state index contributed by atoms with van der Waals surface area (Å²) in [5.74, 6) is 3.57. The fourth-order valence-electron chi connectivity index (χ4n) is 1.61. The second kappa shape index (κ2) is 6.45. The van der Waals surface area contributed by atoms with Crippen LogP contribution in [0.25, 0.3) is 0 Å². The summed E-state index contributed by atoms with van der Waals surface area (Å²) < 4.78 is 6.29. The molecule has 1 aromatic rings. The number of hydrogen-bond acceptors (Lipinski definition) is 3. The zero-order valence-electron chi connectivity index (χ0n) is 9.65. The number of rotatable bonds is 5. The van der Waals surface area contributed by atoms with Crippen LogP contribution in [0.2, 0.25) is 0 Å². The average Bonchev–Trinajstić information content (AvgIpc) is 2.84. The van der Waals surface area contributed by atoms with E-state index in [4.69, 9.17) is 4.74 Å². The van der Waals surface area contributed by atoms with Crippen molar-refractivity contribution in [3.05, 3.63) is 29.8 Å². The third-order valence-corrected chi connectivity index (χ3v) is 5.65. The molecular formula is C13H18OS2. The van der Waals surface area contributed by atoms with Crippen LogP contribution in [0.1, 0.15) is 29.9 Å². The van der Waals surface area contributed by atoms with Crippen molar-refractivity contribution >= 4 is 23.5 Å². The first-order chi connectivity index (χ1) is 7.90. The molecule has 0 N–H and O–H groups in total. The fourth-order valence-corrected chi connectivity index (χ4v) is 4.47. The molecule has 1 aromatic carbocycles. The van der Waals surface area contributed by atoms with Crippen LogP contribution in [0.15, 0.2) is 24.3 Å². The van der Waals surface area contributed by atoms with E-state index in [1.165, 1.54) is 23.5 Å². The summed E-state index contributed by atoms with van der Waals surface area (Å²) in [7, 11) is 0. The van der Waals surface area contributed by atoms with Crippen molar-refractivity contribution in [1.29, 1.82) is 0 Å². The highest BCUT2D eigenvalue weighted by Crippen LogP contribution is 2.45. The van der Waals surface area contributed by atoms with Gasteiger partial charge in [0.2, 0.25) is 0 Å². The molecule has 3 heteroatoms. The van der Waals surface area contributed by atoms with Gasteiger partial charge in [-0.2, -0.15) is 0 Å². The van der Waals surface area contributed by atoms with Crippen molar-refractivity contribution in [3.63, 3.8) is 0 Å². The Morgan fingerprint density at radius 2 is 1.88 bits per heavy atom. The van der Waals surface area contributed by atoms with Gasteiger partial charge in [0.25, 0.3) is 0 Å². The molecule has 0 unspecified atom stereocenters. The van der Waals surface area contributed by atoms with Gasteiger partial charge >= 0.3 is 0 Å². The second-order valence-electron chi connectivity index (χ2n) is 3.84. The van der Waals surface area contributed by atoms with E-state index in [1.807, 2.05) is 23.5 Å². The smallest absolute Gasteiger partial charge is 0.119 e. The summed E-state index contributed by atoms with van der Waals surface area (Å²) in [5.41, 5.74) is 1.43. The first-order valence-electron chi connectivity index (χ1n) is 5.86. The minimum Gasteiger partial charge on any atom is -0.494 e. The van der Waals surface area contributed by atoms with E-state index in [9.17, 15) is 0 Å². The molecule has 0 spiro atoms. The average molecular weight is 254 g/mol. The molecule has 16 heavy (non-hydrogen) atoms. The Morgan fingerprint density at radius 3 is 2.50 bits per heavy atom. The Labute approximate surface area is 106 Å². The summed E-state index contributed by atoms with van der Waals surface area (Å²) >= 11 is 4.09. The number of ether oxygens (including phenoxy) is 1. The lowest BCUT2D eigenvalue weighted by Gasteiger charge is -2.10. The highest BCUT2D eigenvalue weighted by molar-refractivity contribution is 8.19. The molecule has 88 valence electrons. The molecule has 1 fully saturated rings. The van der Waals surface area contributed by atoms with Gasteiger partial charge in [0.1, 0.15) is 5.75 Å². The van der Waals surface area contributed by atoms with Crippen molar-refractivity contribution in [3.8, 4) is 5.75 Å². The Morgan fingerprint density at radius 1 is 1.19 bits per heavy atom. The van der Waals surface area contributed by atoms with Gasteiger partial charge in [0.15, 0.2) is 0 Å². The number of unbranched alkanes of at least 4 members (excludes halogenated alkanes) is 1. The zero-order valence-corrected chi connectivity index (χ0v) is 11.3. The second-order valence-corrected chi connectivity index (χ2v) is 6.57. The summed E-state index contributed by atoms with van der Waals surface area (Å²) in [6, 6.07) is 8.61. The fraction of sp³-hybridized carbons (Fsp3) is 0.538. The van der Waals surface area contributed by atoms with E-state index >= 15 is 0 Å². The third-order valence-electron chi connectivity index (χ3n) is 2.54. The molecule has 0 aromatic heterocycles. The Hall–Kier alpha value is -0.280. The molecule has 1 saturated heterocycles. The quantitative estimate of drug-likeness (QED) is 0.723. The molecule has 1 aliphatic heterocycles.